The fourth-order valence-electron chi connectivity index (χ4n) is 1.29. The first-order valence-corrected chi connectivity index (χ1v) is 6.65. The number of anilines is 1. The van der Waals surface area contributed by atoms with Crippen molar-refractivity contribution in [1.29, 1.82) is 0 Å². The lowest BCUT2D eigenvalue weighted by Crippen LogP contribution is -2.22. The van der Waals surface area contributed by atoms with Crippen LogP contribution in [0.5, 0.6) is 0 Å². The summed E-state index contributed by atoms with van der Waals surface area (Å²) in [5, 5.41) is 12.3. The highest BCUT2D eigenvalue weighted by Gasteiger charge is 2.15. The maximum absolute atomic E-state index is 11.4. The molecule has 2 rings (SSSR count). The standard InChI is InChI=1S/C9H9N5O4S/c15-9(16)4-19(17,18)13-7-1-2-8(11-3-7)14-6-10-5-12-14/h1-3,5-6,13H,4H2,(H,15,16). The lowest BCUT2D eigenvalue weighted by atomic mass is 10.4. The van der Waals surface area contributed by atoms with Gasteiger partial charge in [0, 0.05) is 0 Å². The van der Waals surface area contributed by atoms with E-state index in [1.165, 1.54) is 35.7 Å². The molecule has 9 nitrogen and oxygen atoms in total. The molecule has 0 aliphatic heterocycles. The van der Waals surface area contributed by atoms with Crippen LogP contribution in [0.1, 0.15) is 0 Å². The number of carboxylic acids is 1. The lowest BCUT2D eigenvalue weighted by molar-refractivity contribution is -0.134. The summed E-state index contributed by atoms with van der Waals surface area (Å²) in [7, 11) is -3.92. The maximum atomic E-state index is 11.4. The van der Waals surface area contributed by atoms with Crippen molar-refractivity contribution in [3.63, 3.8) is 0 Å². The highest BCUT2D eigenvalue weighted by atomic mass is 32.2. The Morgan fingerprint density at radius 2 is 2.21 bits per heavy atom. The zero-order chi connectivity index (χ0) is 13.9. The number of rotatable bonds is 5. The number of hydrogen-bond donors (Lipinski definition) is 2. The Hall–Kier alpha value is -2.49. The molecular formula is C9H9N5O4S. The van der Waals surface area contributed by atoms with Gasteiger partial charge in [-0.1, -0.05) is 0 Å². The third-order valence-electron chi connectivity index (χ3n) is 1.99. The number of aliphatic carboxylic acids is 1. The zero-order valence-corrected chi connectivity index (χ0v) is 10.3. The number of aromatic nitrogens is 4. The number of carboxylic acid groups (broad SMARTS) is 1. The highest BCUT2D eigenvalue weighted by molar-refractivity contribution is 7.93. The Balaban J connectivity index is 2.13. The minimum atomic E-state index is -3.92. The Bertz CT molecular complexity index is 665. The monoisotopic (exact) mass is 283 g/mol. The molecular weight excluding hydrogens is 274 g/mol. The Morgan fingerprint density at radius 1 is 1.42 bits per heavy atom. The minimum absolute atomic E-state index is 0.171. The average molecular weight is 283 g/mol. The number of sulfonamides is 1. The Morgan fingerprint density at radius 3 is 2.74 bits per heavy atom. The van der Waals surface area contributed by atoms with E-state index in [2.05, 4.69) is 19.8 Å². The Labute approximate surface area is 108 Å². The van der Waals surface area contributed by atoms with Crippen molar-refractivity contribution in [2.75, 3.05) is 10.5 Å². The van der Waals surface area contributed by atoms with E-state index >= 15 is 0 Å². The van der Waals surface area contributed by atoms with Crippen LogP contribution >= 0.6 is 0 Å². The summed E-state index contributed by atoms with van der Waals surface area (Å²) in [6, 6.07) is 2.97. The van der Waals surface area contributed by atoms with Gasteiger partial charge in [0.05, 0.1) is 11.9 Å². The molecule has 0 aromatic carbocycles. The molecule has 0 amide bonds. The number of nitrogens with one attached hydrogen (secondary N) is 1. The predicted octanol–water partition coefficient (Wildman–Crippen LogP) is -0.511. The van der Waals surface area contributed by atoms with Crippen molar-refractivity contribution in [3.8, 4) is 5.82 Å². The van der Waals surface area contributed by atoms with Crippen molar-refractivity contribution in [1.82, 2.24) is 19.7 Å². The van der Waals surface area contributed by atoms with Gasteiger partial charge < -0.3 is 5.11 Å². The molecule has 0 aliphatic carbocycles. The van der Waals surface area contributed by atoms with E-state index in [4.69, 9.17) is 5.11 Å². The molecule has 19 heavy (non-hydrogen) atoms. The maximum Gasteiger partial charge on any atom is 0.320 e. The second kappa shape index (κ2) is 5.02. The first kappa shape index (κ1) is 13.0. The van der Waals surface area contributed by atoms with Crippen molar-refractivity contribution in [2.24, 2.45) is 0 Å². The number of pyridine rings is 1. The molecule has 100 valence electrons. The zero-order valence-electron chi connectivity index (χ0n) is 9.46. The van der Waals surface area contributed by atoms with Crippen LogP contribution in [0.25, 0.3) is 5.82 Å². The second-order valence-corrected chi connectivity index (χ2v) is 5.22. The molecule has 0 saturated carbocycles. The highest BCUT2D eigenvalue weighted by Crippen LogP contribution is 2.10. The van der Waals surface area contributed by atoms with Crippen LogP contribution in [0.15, 0.2) is 31.0 Å². The van der Waals surface area contributed by atoms with Gasteiger partial charge in [0.15, 0.2) is 11.6 Å². The summed E-state index contributed by atoms with van der Waals surface area (Å²) in [4.78, 5) is 18.1. The first-order valence-electron chi connectivity index (χ1n) is 4.99. The fraction of sp³-hybridized carbons (Fsp3) is 0.111. The summed E-state index contributed by atoms with van der Waals surface area (Å²) in [6.45, 7) is 0. The molecule has 0 fully saturated rings. The van der Waals surface area contributed by atoms with Gasteiger partial charge in [-0.05, 0) is 12.1 Å². The molecule has 0 spiro atoms. The second-order valence-electron chi connectivity index (χ2n) is 3.50. The van der Waals surface area contributed by atoms with Crippen molar-refractivity contribution < 1.29 is 18.3 Å². The molecule has 2 aromatic rings. The third kappa shape index (κ3) is 3.48. The van der Waals surface area contributed by atoms with Gasteiger partial charge in [-0.25, -0.2) is 23.1 Å². The van der Waals surface area contributed by atoms with Gasteiger partial charge in [-0.15, -0.1) is 0 Å². The van der Waals surface area contributed by atoms with Crippen LogP contribution in [0.4, 0.5) is 5.69 Å². The van der Waals surface area contributed by atoms with Gasteiger partial charge in [0.2, 0.25) is 10.0 Å². The van der Waals surface area contributed by atoms with E-state index in [0.717, 1.165) is 0 Å². The number of hydrogen-bond acceptors (Lipinski definition) is 6. The van der Waals surface area contributed by atoms with Crippen LogP contribution in [0.3, 0.4) is 0 Å². The van der Waals surface area contributed by atoms with E-state index < -0.39 is 21.7 Å². The first-order chi connectivity index (χ1) is 8.96. The smallest absolute Gasteiger partial charge is 0.320 e. The van der Waals surface area contributed by atoms with Crippen LogP contribution in [0, 0.1) is 0 Å². The van der Waals surface area contributed by atoms with Crippen LogP contribution < -0.4 is 4.72 Å². The summed E-state index contributed by atoms with van der Waals surface area (Å²) < 4.78 is 26.3. The molecule has 2 heterocycles. The molecule has 0 radical (unpaired) electrons. The van der Waals surface area contributed by atoms with E-state index in [1.54, 1.807) is 0 Å². The van der Waals surface area contributed by atoms with Gasteiger partial charge in [-0.3, -0.25) is 9.52 Å². The van der Waals surface area contributed by atoms with Crippen LogP contribution in [-0.4, -0.2) is 45.0 Å². The molecule has 0 aliphatic rings. The molecule has 2 N–H and O–H groups in total. The van der Waals surface area contributed by atoms with Gasteiger partial charge in [0.25, 0.3) is 0 Å². The topological polar surface area (TPSA) is 127 Å². The molecule has 0 atom stereocenters. The fourth-order valence-corrected chi connectivity index (χ4v) is 2.16. The van der Waals surface area contributed by atoms with Gasteiger partial charge >= 0.3 is 5.97 Å². The van der Waals surface area contributed by atoms with Crippen molar-refractivity contribution in [2.45, 2.75) is 0 Å². The Kier molecular flexibility index (Phi) is 3.42. The van der Waals surface area contributed by atoms with Gasteiger partial charge in [-0.2, -0.15) is 5.10 Å². The number of carbonyl (C=O) groups is 1. The predicted molar refractivity (Wildman–Crippen MR) is 64.2 cm³/mol. The molecule has 0 bridgehead atoms. The molecule has 2 aromatic heterocycles. The van der Waals surface area contributed by atoms with Crippen LogP contribution in [0.2, 0.25) is 0 Å². The SMILES string of the molecule is O=C(O)CS(=O)(=O)Nc1ccc(-n2cncn2)nc1. The van der Waals surface area contributed by atoms with Crippen molar-refractivity contribution in [3.05, 3.63) is 31.0 Å². The largest absolute Gasteiger partial charge is 0.480 e. The summed E-state index contributed by atoms with van der Waals surface area (Å²) in [5.41, 5.74) is 0.171. The lowest BCUT2D eigenvalue weighted by Gasteiger charge is -2.06. The molecule has 10 heteroatoms. The summed E-state index contributed by atoms with van der Waals surface area (Å²) in [6.07, 6.45) is 4.04. The average Bonchev–Trinajstić information content (AvgIpc) is 2.81. The van der Waals surface area contributed by atoms with E-state index in [0.29, 0.717) is 5.82 Å². The van der Waals surface area contributed by atoms with E-state index in [1.807, 2.05) is 0 Å². The summed E-state index contributed by atoms with van der Waals surface area (Å²) in [5.74, 6) is -1.98. The minimum Gasteiger partial charge on any atom is -0.480 e. The third-order valence-corrected chi connectivity index (χ3v) is 3.16. The molecule has 0 saturated heterocycles. The molecule has 0 unspecified atom stereocenters. The van der Waals surface area contributed by atoms with E-state index in [9.17, 15) is 13.2 Å². The van der Waals surface area contributed by atoms with Crippen LogP contribution in [-0.2, 0) is 14.8 Å². The summed E-state index contributed by atoms with van der Waals surface area (Å²) >= 11 is 0. The number of nitrogens with zero attached hydrogens (tertiary/aromatic N) is 4. The van der Waals surface area contributed by atoms with Crippen molar-refractivity contribution >= 4 is 21.7 Å². The van der Waals surface area contributed by atoms with E-state index in [-0.39, 0.29) is 5.69 Å². The normalized spacial score (nSPS) is 11.2. The quantitative estimate of drug-likeness (QED) is 0.756. The van der Waals surface area contributed by atoms with Gasteiger partial charge in [0.1, 0.15) is 12.7 Å².